The van der Waals surface area contributed by atoms with Gasteiger partial charge < -0.3 is 10.2 Å². The van der Waals surface area contributed by atoms with Gasteiger partial charge in [0.2, 0.25) is 0 Å². The second kappa shape index (κ2) is 9.08. The molecule has 3 heterocycles. The van der Waals surface area contributed by atoms with Crippen LogP contribution in [-0.2, 0) is 0 Å². The third kappa shape index (κ3) is 5.07. The molecule has 2 aromatic heterocycles. The van der Waals surface area contributed by atoms with Crippen LogP contribution in [0.3, 0.4) is 0 Å². The van der Waals surface area contributed by atoms with E-state index in [-0.39, 0.29) is 16.5 Å². The average molecular weight is 489 g/mol. The summed E-state index contributed by atoms with van der Waals surface area (Å²) in [5.74, 6) is -1.00. The van der Waals surface area contributed by atoms with Crippen LogP contribution < -0.4 is 10.2 Å². The van der Waals surface area contributed by atoms with Crippen molar-refractivity contribution in [3.63, 3.8) is 0 Å². The van der Waals surface area contributed by atoms with Gasteiger partial charge in [-0.05, 0) is 51.5 Å². The predicted octanol–water partition coefficient (Wildman–Crippen LogP) is 5.02. The number of carbonyl (C=O) groups is 1. The number of nitrogens with zero attached hydrogens (tertiary/aromatic N) is 4. The molecule has 6 nitrogen and oxygen atoms in total. The van der Waals surface area contributed by atoms with Crippen molar-refractivity contribution in [2.45, 2.75) is 38.1 Å². The lowest BCUT2D eigenvalue weighted by atomic mass is 10.0. The maximum absolute atomic E-state index is 14.8. The number of hydrogen-bond donors (Lipinski definition) is 1. The number of rotatable bonds is 5. The zero-order chi connectivity index (χ0) is 23.9. The molecule has 0 spiro atoms. The fourth-order valence-corrected chi connectivity index (χ4v) is 4.58. The molecule has 1 N–H and O–H groups in total. The Balaban J connectivity index is 1.84. The van der Waals surface area contributed by atoms with Crippen molar-refractivity contribution in [2.75, 3.05) is 23.3 Å². The summed E-state index contributed by atoms with van der Waals surface area (Å²) < 4.78 is 30.6. The Morgan fingerprint density at radius 1 is 1.21 bits per heavy atom. The summed E-state index contributed by atoms with van der Waals surface area (Å²) in [6.45, 7) is 7.10. The molecule has 0 radical (unpaired) electrons. The van der Waals surface area contributed by atoms with E-state index in [1.807, 2.05) is 13.8 Å². The normalized spacial score (nSPS) is 15.3. The van der Waals surface area contributed by atoms with Gasteiger partial charge in [-0.1, -0.05) is 0 Å². The van der Waals surface area contributed by atoms with Crippen molar-refractivity contribution in [1.29, 1.82) is 0 Å². The summed E-state index contributed by atoms with van der Waals surface area (Å²) in [4.78, 5) is 19.8. The van der Waals surface area contributed by atoms with Crippen LogP contribution in [0.5, 0.6) is 0 Å². The quantitative estimate of drug-likeness (QED) is 0.512. The van der Waals surface area contributed by atoms with E-state index in [1.54, 1.807) is 23.9 Å². The van der Waals surface area contributed by atoms with Crippen molar-refractivity contribution in [3.8, 4) is 11.1 Å². The second-order valence-corrected chi connectivity index (χ2v) is 11.8. The number of pyridine rings is 1. The lowest BCUT2D eigenvalue weighted by Crippen LogP contribution is -2.26. The Morgan fingerprint density at radius 3 is 2.61 bits per heavy atom. The molecule has 174 valence electrons. The standard InChI is InChI=1S/C23H27F2N5OP2/c1-13(2)30-11-15(10-26-30)22(31)28-20-18(17-9-16(24)4-5-19(17)25)8-14(3)27-21(20)29-7-6-23(32,33)12-29/h4-5,8-11,13H,6-7,12,32-33H2,1-3H3,(H,28,31). The topological polar surface area (TPSA) is 63.1 Å². The van der Waals surface area contributed by atoms with Gasteiger partial charge >= 0.3 is 0 Å². The molecule has 2 atom stereocenters. The molecule has 2 unspecified atom stereocenters. The van der Waals surface area contributed by atoms with Crippen LogP contribution in [0.25, 0.3) is 11.1 Å². The molecule has 0 bridgehead atoms. The maximum atomic E-state index is 14.8. The summed E-state index contributed by atoms with van der Waals surface area (Å²) in [6.07, 6.45) is 4.04. The highest BCUT2D eigenvalue weighted by molar-refractivity contribution is 7.40. The van der Waals surface area contributed by atoms with Crippen molar-refractivity contribution >= 4 is 35.9 Å². The number of halogens is 2. The number of aromatic nitrogens is 3. The Labute approximate surface area is 196 Å². The molecule has 1 aliphatic heterocycles. The van der Waals surface area contributed by atoms with E-state index in [4.69, 9.17) is 4.98 Å². The highest BCUT2D eigenvalue weighted by atomic mass is 31.1. The van der Waals surface area contributed by atoms with Gasteiger partial charge in [0.1, 0.15) is 11.6 Å². The fraction of sp³-hybridized carbons (Fsp3) is 0.348. The van der Waals surface area contributed by atoms with E-state index in [0.29, 0.717) is 41.4 Å². The van der Waals surface area contributed by atoms with E-state index < -0.39 is 17.5 Å². The molecule has 1 saturated heterocycles. The summed E-state index contributed by atoms with van der Waals surface area (Å²) in [7, 11) is 5.66. The van der Waals surface area contributed by atoms with Gasteiger partial charge in [0.15, 0.2) is 5.82 Å². The van der Waals surface area contributed by atoms with Gasteiger partial charge in [-0.15, -0.1) is 18.5 Å². The molecule has 1 aromatic carbocycles. The van der Waals surface area contributed by atoms with Crippen LogP contribution in [0.4, 0.5) is 20.3 Å². The van der Waals surface area contributed by atoms with E-state index in [9.17, 15) is 13.6 Å². The number of anilines is 2. The Kier molecular flexibility index (Phi) is 6.52. The van der Waals surface area contributed by atoms with E-state index in [2.05, 4.69) is 33.8 Å². The smallest absolute Gasteiger partial charge is 0.258 e. The molecular formula is C23H27F2N5OP2. The van der Waals surface area contributed by atoms with Crippen LogP contribution in [0.15, 0.2) is 36.7 Å². The number of hydrogen-bond acceptors (Lipinski definition) is 4. The SMILES string of the molecule is Cc1cc(-c2cc(F)ccc2F)c(NC(=O)c2cnn(C(C)C)c2)c(N2CCC(P)(P)C2)n1. The van der Waals surface area contributed by atoms with Gasteiger partial charge in [-0.3, -0.25) is 9.48 Å². The lowest BCUT2D eigenvalue weighted by molar-refractivity contribution is 0.102. The lowest BCUT2D eigenvalue weighted by Gasteiger charge is -2.25. The first-order valence-electron chi connectivity index (χ1n) is 10.7. The number of amides is 1. The second-order valence-electron chi connectivity index (χ2n) is 8.80. The molecule has 1 aliphatic rings. The first-order chi connectivity index (χ1) is 15.5. The highest BCUT2D eigenvalue weighted by Gasteiger charge is 2.33. The van der Waals surface area contributed by atoms with E-state index in [0.717, 1.165) is 24.6 Å². The molecular weight excluding hydrogens is 462 g/mol. The minimum absolute atomic E-state index is 0.0668. The van der Waals surface area contributed by atoms with E-state index >= 15 is 0 Å². The maximum Gasteiger partial charge on any atom is 0.258 e. The van der Waals surface area contributed by atoms with Gasteiger partial charge in [0.25, 0.3) is 5.91 Å². The molecule has 0 saturated carbocycles. The van der Waals surface area contributed by atoms with E-state index in [1.165, 1.54) is 6.20 Å². The summed E-state index contributed by atoms with van der Waals surface area (Å²) in [5, 5.41) is 7.16. The fourth-order valence-electron chi connectivity index (χ4n) is 3.89. The van der Waals surface area contributed by atoms with Gasteiger partial charge in [0.05, 0.1) is 17.4 Å². The first-order valence-corrected chi connectivity index (χ1v) is 11.8. The third-order valence-electron chi connectivity index (χ3n) is 5.61. The van der Waals surface area contributed by atoms with Crippen molar-refractivity contribution in [3.05, 3.63) is 59.6 Å². The van der Waals surface area contributed by atoms with Crippen LogP contribution in [-0.4, -0.2) is 38.7 Å². The average Bonchev–Trinajstić information content (AvgIpc) is 3.37. The van der Waals surface area contributed by atoms with Crippen LogP contribution in [0.1, 0.15) is 42.4 Å². The van der Waals surface area contributed by atoms with Gasteiger partial charge in [-0.25, -0.2) is 13.8 Å². The molecule has 0 aliphatic carbocycles. The molecule has 4 rings (SSSR count). The first kappa shape index (κ1) is 23.7. The number of benzene rings is 1. The third-order valence-corrected chi connectivity index (χ3v) is 6.55. The number of aryl methyl sites for hydroxylation is 1. The monoisotopic (exact) mass is 489 g/mol. The summed E-state index contributed by atoms with van der Waals surface area (Å²) in [5.41, 5.74) is 1.80. The van der Waals surface area contributed by atoms with Crippen LogP contribution >= 0.6 is 18.5 Å². The molecule has 10 heteroatoms. The van der Waals surface area contributed by atoms with Crippen LogP contribution in [0.2, 0.25) is 0 Å². The van der Waals surface area contributed by atoms with Crippen LogP contribution in [0, 0.1) is 18.6 Å². The highest BCUT2D eigenvalue weighted by Crippen LogP contribution is 2.43. The van der Waals surface area contributed by atoms with Crippen molar-refractivity contribution in [1.82, 2.24) is 14.8 Å². The van der Waals surface area contributed by atoms with Crippen molar-refractivity contribution in [2.24, 2.45) is 0 Å². The Hall–Kier alpha value is -2.43. The van der Waals surface area contributed by atoms with Gasteiger partial charge in [-0.2, -0.15) is 5.10 Å². The number of nitrogens with one attached hydrogen (secondary N) is 1. The molecule has 1 amide bonds. The molecule has 3 aromatic rings. The van der Waals surface area contributed by atoms with Gasteiger partial charge in [0, 0.05) is 47.0 Å². The predicted molar refractivity (Wildman–Crippen MR) is 134 cm³/mol. The zero-order valence-electron chi connectivity index (χ0n) is 18.8. The largest absolute Gasteiger partial charge is 0.354 e. The molecule has 1 fully saturated rings. The molecule has 33 heavy (non-hydrogen) atoms. The zero-order valence-corrected chi connectivity index (χ0v) is 21.1. The minimum Gasteiger partial charge on any atom is -0.354 e. The Bertz CT molecular complexity index is 1210. The van der Waals surface area contributed by atoms with Crippen molar-refractivity contribution < 1.29 is 13.6 Å². The summed E-state index contributed by atoms with van der Waals surface area (Å²) >= 11 is 0. The number of carbonyl (C=O) groups excluding carboxylic acids is 1. The minimum atomic E-state index is -0.580. The summed E-state index contributed by atoms with van der Waals surface area (Å²) in [6, 6.07) is 5.06. The Morgan fingerprint density at radius 2 is 1.97 bits per heavy atom.